The standard InChI is InChI=1S/C17H24N4O/c1-11-9-13(12(2)18)15-14(10-11)16(22)20(3)17(19-15)21-7-5-4-6-8-21/h9-10,12H,4-8,18H2,1-3H3. The lowest BCUT2D eigenvalue weighted by atomic mass is 10.0. The van der Waals surface area contributed by atoms with Crippen LogP contribution in [0.5, 0.6) is 0 Å². The number of benzene rings is 1. The second-order valence-corrected chi connectivity index (χ2v) is 6.36. The van der Waals surface area contributed by atoms with Gasteiger partial charge in [-0.3, -0.25) is 9.36 Å². The fourth-order valence-electron chi connectivity index (χ4n) is 3.26. The highest BCUT2D eigenvalue weighted by Gasteiger charge is 2.19. The maximum atomic E-state index is 12.8. The lowest BCUT2D eigenvalue weighted by molar-refractivity contribution is 0.558. The van der Waals surface area contributed by atoms with Crippen molar-refractivity contribution in [3.8, 4) is 0 Å². The van der Waals surface area contributed by atoms with Crippen LogP contribution in [0.4, 0.5) is 5.95 Å². The Morgan fingerprint density at radius 3 is 2.55 bits per heavy atom. The summed E-state index contributed by atoms with van der Waals surface area (Å²) in [6, 6.07) is 3.81. The van der Waals surface area contributed by atoms with Crippen molar-refractivity contribution in [3.05, 3.63) is 33.6 Å². The van der Waals surface area contributed by atoms with Crippen LogP contribution in [0.15, 0.2) is 16.9 Å². The van der Waals surface area contributed by atoms with Crippen molar-refractivity contribution in [1.29, 1.82) is 0 Å². The zero-order valence-electron chi connectivity index (χ0n) is 13.6. The Morgan fingerprint density at radius 1 is 1.23 bits per heavy atom. The summed E-state index contributed by atoms with van der Waals surface area (Å²) in [5, 5.41) is 0.663. The Bertz CT molecular complexity index is 757. The van der Waals surface area contributed by atoms with Crippen LogP contribution in [0.25, 0.3) is 10.9 Å². The molecule has 5 heteroatoms. The van der Waals surface area contributed by atoms with E-state index in [1.54, 1.807) is 4.57 Å². The first-order valence-corrected chi connectivity index (χ1v) is 8.01. The SMILES string of the molecule is Cc1cc(C(C)N)c2nc(N3CCCCC3)n(C)c(=O)c2c1. The summed E-state index contributed by atoms with van der Waals surface area (Å²) < 4.78 is 1.68. The van der Waals surface area contributed by atoms with Crippen molar-refractivity contribution in [2.75, 3.05) is 18.0 Å². The lowest BCUT2D eigenvalue weighted by Crippen LogP contribution is -2.35. The fraction of sp³-hybridized carbons (Fsp3) is 0.529. The van der Waals surface area contributed by atoms with Crippen LogP contribution in [-0.2, 0) is 7.05 Å². The predicted molar refractivity (Wildman–Crippen MR) is 90.4 cm³/mol. The van der Waals surface area contributed by atoms with Crippen LogP contribution in [-0.4, -0.2) is 22.6 Å². The van der Waals surface area contributed by atoms with Crippen molar-refractivity contribution in [1.82, 2.24) is 9.55 Å². The maximum absolute atomic E-state index is 12.8. The Labute approximate surface area is 130 Å². The quantitative estimate of drug-likeness (QED) is 0.924. The molecule has 5 nitrogen and oxygen atoms in total. The normalized spacial score (nSPS) is 17.0. The second kappa shape index (κ2) is 5.72. The number of hydrogen-bond donors (Lipinski definition) is 1. The minimum atomic E-state index is -0.142. The van der Waals surface area contributed by atoms with Gasteiger partial charge in [-0.1, -0.05) is 6.07 Å². The zero-order chi connectivity index (χ0) is 15.9. The number of aryl methyl sites for hydroxylation is 1. The first-order chi connectivity index (χ1) is 10.5. The Balaban J connectivity index is 2.27. The van der Waals surface area contributed by atoms with Crippen molar-refractivity contribution in [2.45, 2.75) is 39.2 Å². The highest BCUT2D eigenvalue weighted by atomic mass is 16.1. The number of hydrogen-bond acceptors (Lipinski definition) is 4. The average molecular weight is 300 g/mol. The Hall–Kier alpha value is -1.88. The third-order valence-corrected chi connectivity index (χ3v) is 4.46. The molecule has 2 N–H and O–H groups in total. The molecule has 1 fully saturated rings. The van der Waals surface area contributed by atoms with Gasteiger partial charge in [-0.25, -0.2) is 4.98 Å². The number of piperidine rings is 1. The first kappa shape index (κ1) is 15.0. The Morgan fingerprint density at radius 2 is 1.91 bits per heavy atom. The van der Waals surface area contributed by atoms with Gasteiger partial charge in [-0.15, -0.1) is 0 Å². The molecule has 1 aliphatic rings. The number of anilines is 1. The molecule has 0 amide bonds. The molecule has 2 heterocycles. The molecule has 22 heavy (non-hydrogen) atoms. The third-order valence-electron chi connectivity index (χ3n) is 4.46. The van der Waals surface area contributed by atoms with Gasteiger partial charge in [0.1, 0.15) is 0 Å². The fourth-order valence-corrected chi connectivity index (χ4v) is 3.26. The van der Waals surface area contributed by atoms with Crippen molar-refractivity contribution >= 4 is 16.9 Å². The van der Waals surface area contributed by atoms with Crippen LogP contribution in [0, 0.1) is 6.92 Å². The van der Waals surface area contributed by atoms with Crippen LogP contribution in [0.3, 0.4) is 0 Å². The maximum Gasteiger partial charge on any atom is 0.262 e. The van der Waals surface area contributed by atoms with Gasteiger partial charge in [0.05, 0.1) is 10.9 Å². The summed E-state index contributed by atoms with van der Waals surface area (Å²) in [7, 11) is 1.81. The summed E-state index contributed by atoms with van der Waals surface area (Å²) in [4.78, 5) is 19.8. The van der Waals surface area contributed by atoms with Gasteiger partial charge < -0.3 is 10.6 Å². The van der Waals surface area contributed by atoms with E-state index in [0.29, 0.717) is 5.39 Å². The van der Waals surface area contributed by atoms with E-state index < -0.39 is 0 Å². The molecule has 1 aliphatic heterocycles. The van der Waals surface area contributed by atoms with E-state index in [2.05, 4.69) is 4.90 Å². The topological polar surface area (TPSA) is 64.2 Å². The number of rotatable bonds is 2. The molecule has 0 spiro atoms. The summed E-state index contributed by atoms with van der Waals surface area (Å²) in [5.41, 5.74) is 8.86. The van der Waals surface area contributed by atoms with Crippen LogP contribution >= 0.6 is 0 Å². The Kier molecular flexibility index (Phi) is 3.91. The van der Waals surface area contributed by atoms with E-state index in [-0.39, 0.29) is 11.6 Å². The molecule has 118 valence electrons. The molecule has 1 aromatic carbocycles. The van der Waals surface area contributed by atoms with E-state index in [9.17, 15) is 4.79 Å². The highest BCUT2D eigenvalue weighted by molar-refractivity contribution is 5.83. The van der Waals surface area contributed by atoms with Gasteiger partial charge in [0.2, 0.25) is 5.95 Å². The summed E-state index contributed by atoms with van der Waals surface area (Å²) in [6.45, 7) is 5.85. The smallest absolute Gasteiger partial charge is 0.262 e. The molecule has 0 radical (unpaired) electrons. The largest absolute Gasteiger partial charge is 0.342 e. The van der Waals surface area contributed by atoms with E-state index in [1.165, 1.54) is 6.42 Å². The summed E-state index contributed by atoms with van der Waals surface area (Å²) >= 11 is 0. The van der Waals surface area contributed by atoms with E-state index in [0.717, 1.165) is 48.5 Å². The number of nitrogens with zero attached hydrogens (tertiary/aromatic N) is 3. The van der Waals surface area contributed by atoms with Crippen LogP contribution < -0.4 is 16.2 Å². The van der Waals surface area contributed by atoms with Gasteiger partial charge >= 0.3 is 0 Å². The molecule has 3 rings (SSSR count). The monoisotopic (exact) mass is 300 g/mol. The molecule has 0 aliphatic carbocycles. The second-order valence-electron chi connectivity index (χ2n) is 6.36. The number of fused-ring (bicyclic) bond motifs is 1. The van der Waals surface area contributed by atoms with Gasteiger partial charge in [0.25, 0.3) is 5.56 Å². The molecular formula is C17H24N4O. The molecule has 1 unspecified atom stereocenters. The average Bonchev–Trinajstić information content (AvgIpc) is 2.51. The number of nitrogens with two attached hydrogens (primary N) is 1. The van der Waals surface area contributed by atoms with Crippen molar-refractivity contribution in [2.24, 2.45) is 12.8 Å². The van der Waals surface area contributed by atoms with Gasteiger partial charge in [0, 0.05) is 26.2 Å². The van der Waals surface area contributed by atoms with Gasteiger partial charge in [-0.2, -0.15) is 0 Å². The first-order valence-electron chi connectivity index (χ1n) is 8.01. The third kappa shape index (κ3) is 2.50. The lowest BCUT2D eigenvalue weighted by Gasteiger charge is -2.29. The molecule has 1 atom stereocenters. The minimum Gasteiger partial charge on any atom is -0.342 e. The molecular weight excluding hydrogens is 276 g/mol. The van der Waals surface area contributed by atoms with Crippen molar-refractivity contribution < 1.29 is 0 Å². The van der Waals surface area contributed by atoms with Crippen LogP contribution in [0.2, 0.25) is 0 Å². The molecule has 2 aromatic rings. The number of aromatic nitrogens is 2. The van der Waals surface area contributed by atoms with Crippen LogP contribution in [0.1, 0.15) is 43.4 Å². The van der Waals surface area contributed by atoms with Crippen molar-refractivity contribution in [3.63, 3.8) is 0 Å². The van der Waals surface area contributed by atoms with E-state index in [4.69, 9.17) is 10.7 Å². The molecule has 1 aromatic heterocycles. The minimum absolute atomic E-state index is 0.0103. The highest BCUT2D eigenvalue weighted by Crippen LogP contribution is 2.24. The summed E-state index contributed by atoms with van der Waals surface area (Å²) in [6.07, 6.45) is 3.56. The summed E-state index contributed by atoms with van der Waals surface area (Å²) in [5.74, 6) is 0.767. The predicted octanol–water partition coefficient (Wildman–Crippen LogP) is 2.25. The van der Waals surface area contributed by atoms with E-state index in [1.807, 2.05) is 33.0 Å². The molecule has 1 saturated heterocycles. The van der Waals surface area contributed by atoms with Gasteiger partial charge in [-0.05, 0) is 50.3 Å². The van der Waals surface area contributed by atoms with E-state index >= 15 is 0 Å². The molecule has 0 bridgehead atoms. The van der Waals surface area contributed by atoms with Gasteiger partial charge in [0.15, 0.2) is 0 Å². The molecule has 0 saturated carbocycles. The zero-order valence-corrected chi connectivity index (χ0v) is 13.6.